The predicted octanol–water partition coefficient (Wildman–Crippen LogP) is 4.88. The van der Waals surface area contributed by atoms with Crippen molar-refractivity contribution in [3.05, 3.63) is 102 Å². The Balaban J connectivity index is 2.04. The number of nitrogens with zero attached hydrogens (tertiary/aromatic N) is 2. The molecule has 0 unspecified atom stereocenters. The summed E-state index contributed by atoms with van der Waals surface area (Å²) in [5, 5.41) is 18.2. The second-order valence-electron chi connectivity index (χ2n) is 5.96. The molecule has 0 aliphatic rings. The fraction of sp³-hybridized carbons (Fsp3) is 0.0870. The van der Waals surface area contributed by atoms with Crippen LogP contribution in [0.25, 0.3) is 0 Å². The third kappa shape index (κ3) is 4.55. The van der Waals surface area contributed by atoms with Crippen LogP contribution < -0.4 is 0 Å². The van der Waals surface area contributed by atoms with Crippen molar-refractivity contribution in [3.8, 4) is 5.75 Å². The third-order valence-electron chi connectivity index (χ3n) is 4.10. The number of hydrogen-bond donors (Lipinski definition) is 1. The van der Waals surface area contributed by atoms with Crippen molar-refractivity contribution >= 4 is 17.2 Å². The van der Waals surface area contributed by atoms with Gasteiger partial charge in [-0.2, -0.15) is 5.10 Å². The first-order valence-corrected chi connectivity index (χ1v) is 8.78. The van der Waals surface area contributed by atoms with Gasteiger partial charge in [0.1, 0.15) is 11.5 Å². The number of ketones is 1. The van der Waals surface area contributed by atoms with Crippen LogP contribution in [-0.2, 0) is 0 Å². The first-order chi connectivity index (χ1) is 13.2. The van der Waals surface area contributed by atoms with E-state index in [9.17, 15) is 9.90 Å². The molecular weight excluding hydrogens is 336 g/mol. The number of Topliss-reactive ketones (excluding diaryl/α,β-unsaturated/α-hetero) is 1. The SMILES string of the molecule is CCC(=NN=C(C(=O)c1ccccc1)c1ccccc1)c1ccc(O)cc1. The van der Waals surface area contributed by atoms with E-state index >= 15 is 0 Å². The first kappa shape index (κ1) is 18.3. The van der Waals surface area contributed by atoms with Gasteiger partial charge in [0.2, 0.25) is 5.78 Å². The van der Waals surface area contributed by atoms with E-state index in [1.54, 1.807) is 36.4 Å². The summed E-state index contributed by atoms with van der Waals surface area (Å²) in [5.41, 5.74) is 3.18. The molecule has 0 amide bonds. The third-order valence-corrected chi connectivity index (χ3v) is 4.10. The Kier molecular flexibility index (Phi) is 5.90. The lowest BCUT2D eigenvalue weighted by Gasteiger charge is -2.06. The van der Waals surface area contributed by atoms with Gasteiger partial charge in [0.25, 0.3) is 0 Å². The molecule has 0 fully saturated rings. The molecule has 0 spiro atoms. The minimum Gasteiger partial charge on any atom is -0.508 e. The molecule has 0 bridgehead atoms. The summed E-state index contributed by atoms with van der Waals surface area (Å²) in [6, 6.07) is 25.2. The standard InChI is InChI=1S/C23H20N2O2/c1-2-21(17-13-15-20(26)16-14-17)24-25-22(18-9-5-3-6-10-18)23(27)19-11-7-4-8-12-19/h3-16,26H,2H2,1H3. The van der Waals surface area contributed by atoms with E-state index < -0.39 is 0 Å². The van der Waals surface area contributed by atoms with Gasteiger partial charge in [0.15, 0.2) is 0 Å². The number of carbonyl (C=O) groups excluding carboxylic acids is 1. The summed E-state index contributed by atoms with van der Waals surface area (Å²) < 4.78 is 0. The van der Waals surface area contributed by atoms with Gasteiger partial charge in [-0.05, 0) is 36.2 Å². The maximum Gasteiger partial charge on any atom is 0.213 e. The molecule has 4 heteroatoms. The Morgan fingerprint density at radius 3 is 1.85 bits per heavy atom. The van der Waals surface area contributed by atoms with E-state index in [4.69, 9.17) is 0 Å². The van der Waals surface area contributed by atoms with Gasteiger partial charge < -0.3 is 5.11 Å². The second kappa shape index (κ2) is 8.72. The lowest BCUT2D eigenvalue weighted by atomic mass is 10.0. The number of benzene rings is 3. The molecule has 27 heavy (non-hydrogen) atoms. The number of aromatic hydroxyl groups is 1. The average molecular weight is 356 g/mol. The minimum absolute atomic E-state index is 0.174. The minimum atomic E-state index is -0.174. The molecule has 0 aromatic heterocycles. The van der Waals surface area contributed by atoms with Gasteiger partial charge in [-0.3, -0.25) is 4.79 Å². The van der Waals surface area contributed by atoms with Crippen LogP contribution in [0.3, 0.4) is 0 Å². The molecule has 0 atom stereocenters. The van der Waals surface area contributed by atoms with Crippen molar-refractivity contribution in [2.45, 2.75) is 13.3 Å². The molecule has 3 rings (SSSR count). The van der Waals surface area contributed by atoms with E-state index in [2.05, 4.69) is 10.2 Å². The topological polar surface area (TPSA) is 62.0 Å². The molecule has 3 aromatic carbocycles. The van der Waals surface area contributed by atoms with Crippen LogP contribution in [0.1, 0.15) is 34.8 Å². The zero-order chi connectivity index (χ0) is 19.1. The molecule has 0 radical (unpaired) electrons. The van der Waals surface area contributed by atoms with Crippen LogP contribution in [0, 0.1) is 0 Å². The summed E-state index contributed by atoms with van der Waals surface area (Å²) in [6.45, 7) is 1.97. The monoisotopic (exact) mass is 356 g/mol. The Morgan fingerprint density at radius 2 is 1.30 bits per heavy atom. The molecule has 0 saturated carbocycles. The highest BCUT2D eigenvalue weighted by molar-refractivity contribution is 6.51. The van der Waals surface area contributed by atoms with E-state index in [1.165, 1.54) is 0 Å². The number of hydrogen-bond acceptors (Lipinski definition) is 4. The Bertz CT molecular complexity index is 960. The van der Waals surface area contributed by atoms with E-state index in [0.717, 1.165) is 16.8 Å². The van der Waals surface area contributed by atoms with Crippen LogP contribution in [0.2, 0.25) is 0 Å². The average Bonchev–Trinajstić information content (AvgIpc) is 2.73. The zero-order valence-electron chi connectivity index (χ0n) is 15.0. The smallest absolute Gasteiger partial charge is 0.213 e. The summed E-state index contributed by atoms with van der Waals surface area (Å²) in [5.74, 6) is 0.0219. The van der Waals surface area contributed by atoms with Gasteiger partial charge in [0.05, 0.1) is 5.71 Å². The zero-order valence-corrected chi connectivity index (χ0v) is 15.0. The molecule has 134 valence electrons. The van der Waals surface area contributed by atoms with Crippen molar-refractivity contribution in [2.24, 2.45) is 10.2 Å². The Morgan fingerprint density at radius 1 is 0.741 bits per heavy atom. The predicted molar refractivity (Wildman–Crippen MR) is 109 cm³/mol. The Hall–Kier alpha value is -3.53. The second-order valence-corrected chi connectivity index (χ2v) is 5.96. The normalized spacial score (nSPS) is 12.0. The summed E-state index contributed by atoms with van der Waals surface area (Å²) in [6.07, 6.45) is 0.649. The highest BCUT2D eigenvalue weighted by Gasteiger charge is 2.16. The van der Waals surface area contributed by atoms with Gasteiger partial charge in [-0.15, -0.1) is 5.10 Å². The van der Waals surface area contributed by atoms with Crippen LogP contribution in [0.15, 0.2) is 95.1 Å². The van der Waals surface area contributed by atoms with E-state index in [0.29, 0.717) is 17.7 Å². The fourth-order valence-electron chi connectivity index (χ4n) is 2.65. The molecule has 0 aliphatic carbocycles. The quantitative estimate of drug-likeness (QED) is 0.389. The van der Waals surface area contributed by atoms with Crippen molar-refractivity contribution in [1.29, 1.82) is 0 Å². The summed E-state index contributed by atoms with van der Waals surface area (Å²) >= 11 is 0. The van der Waals surface area contributed by atoms with Crippen LogP contribution >= 0.6 is 0 Å². The van der Waals surface area contributed by atoms with Crippen molar-refractivity contribution in [2.75, 3.05) is 0 Å². The molecule has 0 heterocycles. The lowest BCUT2D eigenvalue weighted by molar-refractivity contribution is 0.106. The highest BCUT2D eigenvalue weighted by Crippen LogP contribution is 2.14. The molecule has 3 aromatic rings. The van der Waals surface area contributed by atoms with Gasteiger partial charge in [0, 0.05) is 11.1 Å². The Labute approximate surface area is 158 Å². The van der Waals surface area contributed by atoms with Crippen molar-refractivity contribution in [3.63, 3.8) is 0 Å². The molecule has 0 saturated heterocycles. The maximum atomic E-state index is 13.0. The van der Waals surface area contributed by atoms with Crippen LogP contribution in [0.4, 0.5) is 0 Å². The molecule has 0 aliphatic heterocycles. The highest BCUT2D eigenvalue weighted by atomic mass is 16.3. The van der Waals surface area contributed by atoms with Crippen molar-refractivity contribution in [1.82, 2.24) is 0 Å². The van der Waals surface area contributed by atoms with Gasteiger partial charge in [-0.25, -0.2) is 0 Å². The van der Waals surface area contributed by atoms with Crippen LogP contribution in [-0.4, -0.2) is 22.3 Å². The maximum absolute atomic E-state index is 13.0. The van der Waals surface area contributed by atoms with Crippen molar-refractivity contribution < 1.29 is 9.90 Å². The van der Waals surface area contributed by atoms with Crippen LogP contribution in [0.5, 0.6) is 5.75 Å². The number of carbonyl (C=O) groups is 1. The largest absolute Gasteiger partial charge is 0.508 e. The summed E-state index contributed by atoms with van der Waals surface area (Å²) in [4.78, 5) is 13.0. The van der Waals surface area contributed by atoms with Gasteiger partial charge in [-0.1, -0.05) is 67.6 Å². The lowest BCUT2D eigenvalue weighted by Crippen LogP contribution is -2.16. The van der Waals surface area contributed by atoms with Gasteiger partial charge >= 0.3 is 0 Å². The summed E-state index contributed by atoms with van der Waals surface area (Å²) in [7, 11) is 0. The van der Waals surface area contributed by atoms with E-state index in [1.807, 2.05) is 55.5 Å². The van der Waals surface area contributed by atoms with E-state index in [-0.39, 0.29) is 11.5 Å². The fourth-order valence-corrected chi connectivity index (χ4v) is 2.65. The number of phenols is 1. The first-order valence-electron chi connectivity index (χ1n) is 8.78. The molecule has 4 nitrogen and oxygen atoms in total. The number of phenolic OH excluding ortho intramolecular Hbond substituents is 1. The number of rotatable bonds is 6. The molecular formula is C23H20N2O2. The molecule has 1 N–H and O–H groups in total.